The Labute approximate surface area is 80.7 Å². The van der Waals surface area contributed by atoms with E-state index in [1.807, 2.05) is 0 Å². The van der Waals surface area contributed by atoms with E-state index < -0.39 is 11.6 Å². The molecule has 14 heavy (non-hydrogen) atoms. The molecule has 1 nitrogen and oxygen atoms in total. The Morgan fingerprint density at radius 1 is 1.14 bits per heavy atom. The van der Waals surface area contributed by atoms with Gasteiger partial charge < -0.3 is 0 Å². The lowest BCUT2D eigenvalue weighted by Gasteiger charge is -2.08. The average molecular weight is 196 g/mol. The van der Waals surface area contributed by atoms with Crippen LogP contribution >= 0.6 is 0 Å². The van der Waals surface area contributed by atoms with Crippen molar-refractivity contribution in [1.82, 2.24) is 0 Å². The molecule has 1 aliphatic rings. The lowest BCUT2D eigenvalue weighted by atomic mass is 9.97. The summed E-state index contributed by atoms with van der Waals surface area (Å²) in [6, 6.07) is 3.47. The number of hydrogen-bond donors (Lipinski definition) is 0. The first kappa shape index (κ1) is 9.31. The summed E-state index contributed by atoms with van der Waals surface area (Å²) in [6.45, 7) is 0. The van der Waals surface area contributed by atoms with Crippen LogP contribution in [0.25, 0.3) is 0 Å². The third-order valence-electron chi connectivity index (χ3n) is 2.60. The smallest absolute Gasteiger partial charge is 0.133 e. The normalized spacial score (nSPS) is 21.6. The molecule has 74 valence electrons. The Morgan fingerprint density at radius 2 is 1.79 bits per heavy atom. The predicted octanol–water partition coefficient (Wildman–Crippen LogP) is 2.80. The molecule has 2 rings (SSSR count). The predicted molar refractivity (Wildman–Crippen MR) is 48.0 cm³/mol. The highest BCUT2D eigenvalue weighted by Gasteiger charge is 2.24. The minimum absolute atomic E-state index is 0.00713. The van der Waals surface area contributed by atoms with Crippen LogP contribution in [0.5, 0.6) is 0 Å². The van der Waals surface area contributed by atoms with E-state index in [0.29, 0.717) is 24.8 Å². The zero-order chi connectivity index (χ0) is 10.1. The van der Waals surface area contributed by atoms with E-state index in [0.717, 1.165) is 6.07 Å². The van der Waals surface area contributed by atoms with Gasteiger partial charge in [0, 0.05) is 18.9 Å². The largest absolute Gasteiger partial charge is 0.300 e. The quantitative estimate of drug-likeness (QED) is 0.675. The Kier molecular flexibility index (Phi) is 2.32. The van der Waals surface area contributed by atoms with Crippen molar-refractivity contribution < 1.29 is 13.6 Å². The van der Waals surface area contributed by atoms with E-state index in [1.165, 1.54) is 12.1 Å². The summed E-state index contributed by atoms with van der Waals surface area (Å²) in [5.74, 6) is -0.953. The second-order valence-electron chi connectivity index (χ2n) is 3.68. The van der Waals surface area contributed by atoms with E-state index >= 15 is 0 Å². The van der Waals surface area contributed by atoms with Gasteiger partial charge in [0.25, 0.3) is 0 Å². The zero-order valence-corrected chi connectivity index (χ0v) is 7.59. The molecule has 0 saturated heterocycles. The number of rotatable bonds is 1. The number of Topliss-reactive ketones (excluding diaryl/α,β-unsaturated/α-hetero) is 1. The van der Waals surface area contributed by atoms with Crippen molar-refractivity contribution in [3.63, 3.8) is 0 Å². The van der Waals surface area contributed by atoms with Gasteiger partial charge in [-0.2, -0.15) is 0 Å². The molecule has 1 atom stereocenters. The summed E-state index contributed by atoms with van der Waals surface area (Å²) >= 11 is 0. The molecule has 0 spiro atoms. The van der Waals surface area contributed by atoms with Crippen molar-refractivity contribution in [1.29, 1.82) is 0 Å². The summed E-state index contributed by atoms with van der Waals surface area (Å²) < 4.78 is 25.7. The van der Waals surface area contributed by atoms with Crippen molar-refractivity contribution in [2.75, 3.05) is 0 Å². The molecule has 0 bridgehead atoms. The topological polar surface area (TPSA) is 17.1 Å². The maximum atomic E-state index is 12.9. The van der Waals surface area contributed by atoms with Gasteiger partial charge >= 0.3 is 0 Å². The second-order valence-corrected chi connectivity index (χ2v) is 3.68. The van der Waals surface area contributed by atoms with Crippen molar-refractivity contribution in [3.8, 4) is 0 Å². The first-order valence-electron chi connectivity index (χ1n) is 4.63. The summed E-state index contributed by atoms with van der Waals surface area (Å²) in [6.07, 6.45) is 1.66. The van der Waals surface area contributed by atoms with Crippen molar-refractivity contribution >= 4 is 5.78 Å². The number of ketones is 1. The van der Waals surface area contributed by atoms with Crippen LogP contribution in [0.2, 0.25) is 0 Å². The molecule has 0 heterocycles. The van der Waals surface area contributed by atoms with Crippen LogP contribution in [0, 0.1) is 11.6 Å². The Bertz CT molecular complexity index is 353. The van der Waals surface area contributed by atoms with Gasteiger partial charge in [0.2, 0.25) is 0 Å². The van der Waals surface area contributed by atoms with Gasteiger partial charge in [-0.15, -0.1) is 0 Å². The van der Waals surface area contributed by atoms with Gasteiger partial charge in [0.05, 0.1) is 0 Å². The lowest BCUT2D eigenvalue weighted by molar-refractivity contribution is -0.117. The molecular formula is C11H10F2O. The minimum atomic E-state index is -0.570. The lowest BCUT2D eigenvalue weighted by Crippen LogP contribution is -1.96. The maximum Gasteiger partial charge on any atom is 0.133 e. The van der Waals surface area contributed by atoms with Gasteiger partial charge in [-0.3, -0.25) is 4.79 Å². The molecule has 1 saturated carbocycles. The molecule has 1 aromatic carbocycles. The molecule has 0 aliphatic heterocycles. The van der Waals surface area contributed by atoms with E-state index in [-0.39, 0.29) is 11.7 Å². The summed E-state index contributed by atoms with van der Waals surface area (Å²) in [7, 11) is 0. The number of carbonyl (C=O) groups is 1. The Balaban J connectivity index is 2.27. The monoisotopic (exact) mass is 196 g/mol. The number of halogens is 2. The first-order chi connectivity index (χ1) is 6.65. The highest BCUT2D eigenvalue weighted by atomic mass is 19.1. The summed E-state index contributed by atoms with van der Waals surface area (Å²) in [5.41, 5.74) is 0.605. The van der Waals surface area contributed by atoms with Gasteiger partial charge in [-0.05, 0) is 30.0 Å². The summed E-state index contributed by atoms with van der Waals surface area (Å²) in [4.78, 5) is 11.0. The molecule has 0 aromatic heterocycles. The number of carbonyl (C=O) groups excluding carboxylic acids is 1. The molecule has 3 heteroatoms. The van der Waals surface area contributed by atoms with Gasteiger partial charge in [0.15, 0.2) is 0 Å². The van der Waals surface area contributed by atoms with Crippen molar-refractivity contribution in [2.45, 2.75) is 25.2 Å². The van der Waals surface area contributed by atoms with Gasteiger partial charge in [-0.25, -0.2) is 8.78 Å². The fraction of sp³-hybridized carbons (Fsp3) is 0.364. The second kappa shape index (κ2) is 3.48. The van der Waals surface area contributed by atoms with Crippen LogP contribution in [0.1, 0.15) is 30.7 Å². The zero-order valence-electron chi connectivity index (χ0n) is 7.59. The Hall–Kier alpha value is -1.25. The third kappa shape index (κ3) is 1.81. The standard InChI is InChI=1S/C11H10F2O/c12-9-3-8(4-10(13)6-9)7-1-2-11(14)5-7/h3-4,6-7H,1-2,5H2. The van der Waals surface area contributed by atoms with Crippen molar-refractivity contribution in [2.24, 2.45) is 0 Å². The van der Waals surface area contributed by atoms with Crippen LogP contribution in [0.15, 0.2) is 18.2 Å². The van der Waals surface area contributed by atoms with E-state index in [1.54, 1.807) is 0 Å². The fourth-order valence-electron chi connectivity index (χ4n) is 1.91. The maximum absolute atomic E-state index is 12.9. The number of hydrogen-bond acceptors (Lipinski definition) is 1. The van der Waals surface area contributed by atoms with E-state index in [9.17, 15) is 13.6 Å². The fourth-order valence-corrected chi connectivity index (χ4v) is 1.91. The summed E-state index contributed by atoms with van der Waals surface area (Å²) in [5, 5.41) is 0. The first-order valence-corrected chi connectivity index (χ1v) is 4.63. The molecule has 0 radical (unpaired) electrons. The molecule has 1 aromatic rings. The van der Waals surface area contributed by atoms with E-state index in [4.69, 9.17) is 0 Å². The molecule has 1 unspecified atom stereocenters. The molecule has 1 fully saturated rings. The SMILES string of the molecule is O=C1CCC(c2cc(F)cc(F)c2)C1. The highest BCUT2D eigenvalue weighted by Crippen LogP contribution is 2.32. The molecule has 1 aliphatic carbocycles. The molecular weight excluding hydrogens is 186 g/mol. The van der Waals surface area contributed by atoms with Gasteiger partial charge in [0.1, 0.15) is 17.4 Å². The minimum Gasteiger partial charge on any atom is -0.300 e. The van der Waals surface area contributed by atoms with Crippen LogP contribution in [0.3, 0.4) is 0 Å². The van der Waals surface area contributed by atoms with Gasteiger partial charge in [-0.1, -0.05) is 0 Å². The van der Waals surface area contributed by atoms with Crippen LogP contribution in [-0.2, 0) is 4.79 Å². The molecule has 0 N–H and O–H groups in total. The van der Waals surface area contributed by atoms with Crippen LogP contribution < -0.4 is 0 Å². The third-order valence-corrected chi connectivity index (χ3v) is 2.60. The average Bonchev–Trinajstić information content (AvgIpc) is 2.50. The number of benzene rings is 1. The van der Waals surface area contributed by atoms with Crippen molar-refractivity contribution in [3.05, 3.63) is 35.4 Å². The van der Waals surface area contributed by atoms with Crippen LogP contribution in [0.4, 0.5) is 8.78 Å². The van der Waals surface area contributed by atoms with Crippen LogP contribution in [-0.4, -0.2) is 5.78 Å². The highest BCUT2D eigenvalue weighted by molar-refractivity contribution is 5.81. The molecule has 0 amide bonds. The van der Waals surface area contributed by atoms with E-state index in [2.05, 4.69) is 0 Å². The Morgan fingerprint density at radius 3 is 2.29 bits per heavy atom.